The van der Waals surface area contributed by atoms with Gasteiger partial charge in [-0.2, -0.15) is 0 Å². The molecule has 0 aliphatic carbocycles. The third-order valence-electron chi connectivity index (χ3n) is 2.54. The summed E-state index contributed by atoms with van der Waals surface area (Å²) in [5.74, 6) is 0. The van der Waals surface area contributed by atoms with Gasteiger partial charge in [-0.15, -0.1) is 0 Å². The molecule has 18 heavy (non-hydrogen) atoms. The van der Waals surface area contributed by atoms with Gasteiger partial charge in [0.25, 0.3) is 0 Å². The maximum Gasteiger partial charge on any atom is 1.00 e. The predicted octanol–water partition coefficient (Wildman–Crippen LogP) is 3.15. The zero-order chi connectivity index (χ0) is 13.2. The maximum absolute atomic E-state index is 11.1. The molecule has 3 nitrogen and oxygen atoms in total. The molecule has 0 heterocycles. The summed E-state index contributed by atoms with van der Waals surface area (Å²) in [7, 11) is -3.21. The van der Waals surface area contributed by atoms with Crippen LogP contribution in [0.2, 0.25) is 0 Å². The van der Waals surface area contributed by atoms with E-state index in [1.807, 2.05) is 37.3 Å². The molecular formula is C14H16NO2S+. The van der Waals surface area contributed by atoms with Crippen LogP contribution in [0, 0.1) is 6.92 Å². The lowest BCUT2D eigenvalue weighted by Gasteiger charge is -2.06. The van der Waals surface area contributed by atoms with Crippen molar-refractivity contribution in [3.05, 3.63) is 54.1 Å². The highest BCUT2D eigenvalue weighted by molar-refractivity contribution is 7.92. The van der Waals surface area contributed by atoms with Crippen LogP contribution < -0.4 is 4.72 Å². The van der Waals surface area contributed by atoms with E-state index in [-0.39, 0.29) is 1.43 Å². The summed E-state index contributed by atoms with van der Waals surface area (Å²) >= 11 is 0. The monoisotopic (exact) mass is 262 g/mol. The highest BCUT2D eigenvalue weighted by Crippen LogP contribution is 2.22. The molecule has 0 bridgehead atoms. The Morgan fingerprint density at radius 2 is 1.67 bits per heavy atom. The average Bonchev–Trinajstić information content (AvgIpc) is 2.28. The molecular weight excluding hydrogens is 246 g/mol. The molecule has 0 atom stereocenters. The first-order valence-corrected chi connectivity index (χ1v) is 7.48. The molecule has 0 unspecified atom stereocenters. The van der Waals surface area contributed by atoms with Crippen LogP contribution in [-0.4, -0.2) is 14.7 Å². The Morgan fingerprint density at radius 1 is 1.00 bits per heavy atom. The van der Waals surface area contributed by atoms with E-state index in [0.29, 0.717) is 5.69 Å². The minimum absolute atomic E-state index is 0. The number of rotatable bonds is 3. The van der Waals surface area contributed by atoms with Crippen LogP contribution >= 0.6 is 0 Å². The quantitative estimate of drug-likeness (QED) is 0.923. The molecule has 2 rings (SSSR count). The van der Waals surface area contributed by atoms with E-state index in [0.717, 1.165) is 17.4 Å². The maximum atomic E-state index is 11.1. The van der Waals surface area contributed by atoms with Gasteiger partial charge in [0.05, 0.1) is 6.26 Å². The molecule has 0 radical (unpaired) electrons. The second-order valence-corrected chi connectivity index (χ2v) is 6.07. The first-order valence-electron chi connectivity index (χ1n) is 5.59. The second kappa shape index (κ2) is 4.82. The van der Waals surface area contributed by atoms with Crippen LogP contribution in [0.25, 0.3) is 11.1 Å². The first kappa shape index (κ1) is 12.6. The van der Waals surface area contributed by atoms with E-state index in [1.54, 1.807) is 12.1 Å². The van der Waals surface area contributed by atoms with Crippen molar-refractivity contribution in [1.29, 1.82) is 0 Å². The van der Waals surface area contributed by atoms with Crippen molar-refractivity contribution in [2.75, 3.05) is 11.0 Å². The van der Waals surface area contributed by atoms with Crippen molar-refractivity contribution in [3.8, 4) is 11.1 Å². The predicted molar refractivity (Wildman–Crippen MR) is 76.2 cm³/mol. The van der Waals surface area contributed by atoms with E-state index < -0.39 is 10.0 Å². The van der Waals surface area contributed by atoms with Crippen molar-refractivity contribution < 1.29 is 9.84 Å². The summed E-state index contributed by atoms with van der Waals surface area (Å²) in [4.78, 5) is 0. The summed E-state index contributed by atoms with van der Waals surface area (Å²) in [6, 6.07) is 15.5. The largest absolute Gasteiger partial charge is 1.00 e. The average molecular weight is 262 g/mol. The molecule has 2 aromatic rings. The highest BCUT2D eigenvalue weighted by atomic mass is 32.2. The number of benzene rings is 2. The number of hydrogen-bond donors (Lipinski definition) is 1. The minimum Gasteiger partial charge on any atom is -0.284 e. The molecule has 0 aliphatic rings. The molecule has 0 saturated heterocycles. The van der Waals surface area contributed by atoms with Gasteiger partial charge in [-0.05, 0) is 30.2 Å². The summed E-state index contributed by atoms with van der Waals surface area (Å²) < 4.78 is 24.6. The third kappa shape index (κ3) is 3.34. The van der Waals surface area contributed by atoms with E-state index >= 15 is 0 Å². The molecule has 94 valence electrons. The number of hydrogen-bond acceptors (Lipinski definition) is 2. The fraction of sp³-hybridized carbons (Fsp3) is 0.143. The summed E-state index contributed by atoms with van der Waals surface area (Å²) in [6.45, 7) is 2.04. The topological polar surface area (TPSA) is 46.2 Å². The van der Waals surface area contributed by atoms with Gasteiger partial charge in [0.15, 0.2) is 0 Å². The number of nitrogens with one attached hydrogen (secondary N) is 1. The molecule has 4 heteroatoms. The minimum atomic E-state index is -3.21. The van der Waals surface area contributed by atoms with Gasteiger partial charge in [-0.25, -0.2) is 8.42 Å². The Morgan fingerprint density at radius 3 is 2.22 bits per heavy atom. The molecule has 0 fully saturated rings. The number of aryl methyl sites for hydroxylation is 1. The lowest BCUT2D eigenvalue weighted by Crippen LogP contribution is -2.09. The van der Waals surface area contributed by atoms with Crippen molar-refractivity contribution in [2.24, 2.45) is 0 Å². The lowest BCUT2D eigenvalue weighted by molar-refractivity contribution is 0.607. The van der Waals surface area contributed by atoms with Crippen LogP contribution in [0.5, 0.6) is 0 Å². The second-order valence-electron chi connectivity index (χ2n) is 4.32. The summed E-state index contributed by atoms with van der Waals surface area (Å²) in [5, 5.41) is 0. The highest BCUT2D eigenvalue weighted by Gasteiger charge is 2.02. The van der Waals surface area contributed by atoms with Crippen LogP contribution in [0.4, 0.5) is 5.69 Å². The molecule has 0 aromatic heterocycles. The van der Waals surface area contributed by atoms with Crippen LogP contribution in [0.15, 0.2) is 48.5 Å². The van der Waals surface area contributed by atoms with Crippen molar-refractivity contribution in [2.45, 2.75) is 6.92 Å². The Kier molecular flexibility index (Phi) is 3.39. The van der Waals surface area contributed by atoms with Gasteiger partial charge in [0.1, 0.15) is 0 Å². The van der Waals surface area contributed by atoms with Gasteiger partial charge in [0, 0.05) is 5.69 Å². The fourth-order valence-corrected chi connectivity index (χ4v) is 2.33. The smallest absolute Gasteiger partial charge is 0.284 e. The zero-order valence-electron chi connectivity index (χ0n) is 11.3. The molecule has 0 amide bonds. The molecule has 2 aromatic carbocycles. The van der Waals surface area contributed by atoms with E-state index in [2.05, 4.69) is 10.8 Å². The van der Waals surface area contributed by atoms with Crippen LogP contribution in [0.3, 0.4) is 0 Å². The van der Waals surface area contributed by atoms with Gasteiger partial charge in [-0.3, -0.25) is 4.72 Å². The van der Waals surface area contributed by atoms with Crippen LogP contribution in [0.1, 0.15) is 6.99 Å². The van der Waals surface area contributed by atoms with E-state index in [1.165, 1.54) is 5.56 Å². The molecule has 1 N–H and O–H groups in total. The Balaban J connectivity index is 0.00000180. The fourth-order valence-electron chi connectivity index (χ4n) is 1.77. The van der Waals surface area contributed by atoms with Crippen LogP contribution in [-0.2, 0) is 10.0 Å². The van der Waals surface area contributed by atoms with Gasteiger partial charge in [-0.1, -0.05) is 42.0 Å². The summed E-state index contributed by atoms with van der Waals surface area (Å²) in [6.07, 6.45) is 1.14. The zero-order valence-corrected chi connectivity index (χ0v) is 11.2. The standard InChI is InChI=1S/C14H15NO2S/c1-11-4-3-5-13(10-11)12-6-8-14(9-7-12)15-18(2,16)17/h3-10,15H,1-2H3/p+1. The van der Waals surface area contributed by atoms with Gasteiger partial charge >= 0.3 is 1.43 Å². The van der Waals surface area contributed by atoms with E-state index in [4.69, 9.17) is 0 Å². The van der Waals surface area contributed by atoms with Crippen molar-refractivity contribution in [1.82, 2.24) is 0 Å². The Hall–Kier alpha value is -1.81. The molecule has 0 saturated carbocycles. The number of anilines is 1. The van der Waals surface area contributed by atoms with Gasteiger partial charge in [0.2, 0.25) is 10.0 Å². The van der Waals surface area contributed by atoms with E-state index in [9.17, 15) is 8.42 Å². The van der Waals surface area contributed by atoms with Crippen molar-refractivity contribution in [3.63, 3.8) is 0 Å². The van der Waals surface area contributed by atoms with Gasteiger partial charge < -0.3 is 0 Å². The Labute approximate surface area is 109 Å². The normalized spacial score (nSPS) is 11.2. The lowest BCUT2D eigenvalue weighted by atomic mass is 10.0. The third-order valence-corrected chi connectivity index (χ3v) is 3.15. The molecule has 0 aliphatic heterocycles. The SMILES string of the molecule is Cc1cccc(-c2ccc(NS(C)(=O)=O)cc2)c1.[H+]. The number of sulfonamides is 1. The molecule has 0 spiro atoms. The Bertz CT molecular complexity index is 651. The first-order chi connectivity index (χ1) is 8.44. The van der Waals surface area contributed by atoms with Crippen molar-refractivity contribution >= 4 is 15.7 Å². The summed E-state index contributed by atoms with van der Waals surface area (Å²) in [5.41, 5.74) is 3.97.